The topological polar surface area (TPSA) is 113 Å². The van der Waals surface area contributed by atoms with Gasteiger partial charge in [0.2, 0.25) is 0 Å². The maximum Gasteiger partial charge on any atom is 0.417 e. The Balaban J connectivity index is 1.69. The molecule has 0 radical (unpaired) electrons. The van der Waals surface area contributed by atoms with E-state index in [-0.39, 0.29) is 35.3 Å². The van der Waals surface area contributed by atoms with E-state index in [1.807, 2.05) is 6.07 Å². The van der Waals surface area contributed by atoms with Crippen molar-refractivity contribution in [1.29, 1.82) is 5.26 Å². The van der Waals surface area contributed by atoms with Crippen molar-refractivity contribution >= 4 is 17.4 Å². The number of nitrogens with zero attached hydrogens (tertiary/aromatic N) is 3. The van der Waals surface area contributed by atoms with Crippen molar-refractivity contribution in [2.75, 3.05) is 11.9 Å². The zero-order valence-electron chi connectivity index (χ0n) is 16.2. The summed E-state index contributed by atoms with van der Waals surface area (Å²) in [5.74, 6) is -0.926. The van der Waals surface area contributed by atoms with Gasteiger partial charge in [0.25, 0.3) is 5.91 Å². The van der Waals surface area contributed by atoms with Gasteiger partial charge in [-0.2, -0.15) is 18.4 Å². The van der Waals surface area contributed by atoms with Crippen molar-refractivity contribution in [3.8, 4) is 6.07 Å². The van der Waals surface area contributed by atoms with E-state index in [1.54, 1.807) is 12.1 Å². The summed E-state index contributed by atoms with van der Waals surface area (Å²) in [4.78, 5) is 20.7. The number of benzene rings is 1. The first-order valence-electron chi connectivity index (χ1n) is 9.54. The number of carbonyl (C=O) groups is 1. The van der Waals surface area contributed by atoms with Crippen molar-refractivity contribution in [2.24, 2.45) is 16.6 Å². The van der Waals surface area contributed by atoms with E-state index in [1.165, 1.54) is 30.5 Å². The number of rotatable bonds is 4. The van der Waals surface area contributed by atoms with Crippen LogP contribution in [0, 0.1) is 17.2 Å². The molecule has 1 aromatic carbocycles. The third kappa shape index (κ3) is 3.96. The number of aromatic nitrogens is 1. The second-order valence-corrected chi connectivity index (χ2v) is 7.51. The molecule has 1 aliphatic carbocycles. The summed E-state index contributed by atoms with van der Waals surface area (Å²) in [5, 5.41) is 11.5. The molecule has 1 aromatic heterocycles. The fraction of sp³-hybridized carbons (Fsp3) is 0.333. The maximum atomic E-state index is 13.9. The summed E-state index contributed by atoms with van der Waals surface area (Å²) in [5.41, 5.74) is 5.02. The lowest BCUT2D eigenvalue weighted by molar-refractivity contribution is -0.243. The van der Waals surface area contributed by atoms with Gasteiger partial charge in [-0.05, 0) is 48.6 Å². The molecule has 10 heteroatoms. The smallest absolute Gasteiger partial charge is 0.386 e. The van der Waals surface area contributed by atoms with Gasteiger partial charge in [0.1, 0.15) is 29.7 Å². The van der Waals surface area contributed by atoms with E-state index in [0.717, 1.165) is 0 Å². The van der Waals surface area contributed by atoms with Gasteiger partial charge >= 0.3 is 6.18 Å². The zero-order chi connectivity index (χ0) is 22.2. The molecule has 31 heavy (non-hydrogen) atoms. The van der Waals surface area contributed by atoms with E-state index in [0.29, 0.717) is 18.4 Å². The van der Waals surface area contributed by atoms with Crippen LogP contribution in [0.15, 0.2) is 47.6 Å². The van der Waals surface area contributed by atoms with Crippen LogP contribution < -0.4 is 11.1 Å². The minimum Gasteiger partial charge on any atom is -0.386 e. The number of ether oxygens (including phenoxy) is 1. The number of hydrogen-bond acceptors (Lipinski definition) is 6. The van der Waals surface area contributed by atoms with Gasteiger partial charge in [-0.15, -0.1) is 0 Å². The van der Waals surface area contributed by atoms with Crippen molar-refractivity contribution < 1.29 is 22.7 Å². The highest BCUT2D eigenvalue weighted by molar-refractivity contribution is 6.02. The number of hydrogen-bond donors (Lipinski definition) is 2. The summed E-state index contributed by atoms with van der Waals surface area (Å²) in [6.45, 7) is -0.389. The molecular formula is C21H18F3N5O2. The molecular weight excluding hydrogens is 411 g/mol. The Morgan fingerprint density at radius 2 is 2.06 bits per heavy atom. The molecule has 1 saturated carbocycles. The van der Waals surface area contributed by atoms with Crippen LogP contribution in [0.2, 0.25) is 0 Å². The van der Waals surface area contributed by atoms with Crippen LogP contribution in [0.25, 0.3) is 0 Å². The summed E-state index contributed by atoms with van der Waals surface area (Å²) >= 11 is 0. The molecule has 1 aliphatic heterocycles. The molecule has 2 aliphatic rings. The molecule has 2 heterocycles. The molecule has 7 nitrogen and oxygen atoms in total. The number of nitrogens with one attached hydrogen (secondary N) is 1. The Bertz CT molecular complexity index is 1070. The Hall–Kier alpha value is -3.45. The summed E-state index contributed by atoms with van der Waals surface area (Å²) in [7, 11) is 0. The zero-order valence-corrected chi connectivity index (χ0v) is 16.2. The van der Waals surface area contributed by atoms with Crippen LogP contribution in [-0.4, -0.2) is 35.6 Å². The van der Waals surface area contributed by atoms with E-state index >= 15 is 0 Å². The van der Waals surface area contributed by atoms with Crippen LogP contribution in [0.5, 0.6) is 0 Å². The number of amides is 1. The fourth-order valence-corrected chi connectivity index (χ4v) is 3.88. The molecule has 1 fully saturated rings. The first-order chi connectivity index (χ1) is 14.7. The van der Waals surface area contributed by atoms with E-state index in [2.05, 4.69) is 15.3 Å². The van der Waals surface area contributed by atoms with E-state index in [4.69, 9.17) is 15.7 Å². The van der Waals surface area contributed by atoms with Crippen LogP contribution >= 0.6 is 0 Å². The molecule has 0 saturated heterocycles. The van der Waals surface area contributed by atoms with Crippen molar-refractivity contribution in [1.82, 2.24) is 4.98 Å². The monoisotopic (exact) mass is 429 g/mol. The van der Waals surface area contributed by atoms with E-state index in [9.17, 15) is 18.0 Å². The van der Waals surface area contributed by atoms with Gasteiger partial charge in [-0.1, -0.05) is 12.1 Å². The molecule has 0 spiro atoms. The molecule has 0 bridgehead atoms. The molecule has 1 amide bonds. The second kappa shape index (κ2) is 7.67. The number of alkyl halides is 3. The first kappa shape index (κ1) is 20.8. The van der Waals surface area contributed by atoms with Crippen molar-refractivity contribution in [3.63, 3.8) is 0 Å². The Morgan fingerprint density at radius 1 is 1.29 bits per heavy atom. The third-order valence-corrected chi connectivity index (χ3v) is 5.33. The molecule has 4 rings (SSSR count). The van der Waals surface area contributed by atoms with Gasteiger partial charge in [-0.3, -0.25) is 9.79 Å². The fourth-order valence-electron chi connectivity index (χ4n) is 3.88. The first-order valence-corrected chi connectivity index (χ1v) is 9.54. The molecule has 2 unspecified atom stereocenters. The Kier molecular flexibility index (Phi) is 5.15. The van der Waals surface area contributed by atoms with E-state index < -0.39 is 23.7 Å². The number of nitriles is 1. The number of amidine groups is 1. The van der Waals surface area contributed by atoms with Crippen molar-refractivity contribution in [2.45, 2.75) is 30.7 Å². The largest absolute Gasteiger partial charge is 0.417 e. The molecule has 160 valence electrons. The lowest BCUT2D eigenvalue weighted by Gasteiger charge is -2.42. The van der Waals surface area contributed by atoms with Crippen LogP contribution in [0.3, 0.4) is 0 Å². The highest BCUT2D eigenvalue weighted by atomic mass is 19.4. The Labute approximate surface area is 175 Å². The predicted octanol–water partition coefficient (Wildman–Crippen LogP) is 3.13. The highest BCUT2D eigenvalue weighted by Gasteiger charge is 2.63. The van der Waals surface area contributed by atoms with Gasteiger partial charge < -0.3 is 15.8 Å². The quantitative estimate of drug-likeness (QED) is 0.775. The molecule has 3 N–H and O–H groups in total. The minimum atomic E-state index is -4.64. The van der Waals surface area contributed by atoms with Gasteiger partial charge in [-0.25, -0.2) is 4.98 Å². The summed E-state index contributed by atoms with van der Waals surface area (Å²) < 4.78 is 46.8. The maximum absolute atomic E-state index is 13.9. The normalized spacial score (nSPS) is 23.5. The lowest BCUT2D eigenvalue weighted by Crippen LogP contribution is -2.55. The summed E-state index contributed by atoms with van der Waals surface area (Å²) in [6, 6.07) is 10.9. The summed E-state index contributed by atoms with van der Waals surface area (Å²) in [6.07, 6.45) is -4.38. The SMILES string of the molecule is N#Cc1ccc(C(=O)Nc2cccc(C3(C4CC4)N=C(N)COC3C(F)(F)F)c2)nc1. The predicted molar refractivity (Wildman–Crippen MR) is 105 cm³/mol. The molecule has 2 aromatic rings. The minimum absolute atomic E-state index is 0.00335. The number of nitrogens with two attached hydrogens (primary N) is 1. The average molecular weight is 429 g/mol. The number of anilines is 1. The second-order valence-electron chi connectivity index (χ2n) is 7.51. The van der Waals surface area contributed by atoms with Crippen molar-refractivity contribution in [3.05, 3.63) is 59.4 Å². The highest BCUT2D eigenvalue weighted by Crippen LogP contribution is 2.55. The molecule has 2 atom stereocenters. The van der Waals surface area contributed by atoms with Gasteiger partial charge in [0, 0.05) is 11.9 Å². The third-order valence-electron chi connectivity index (χ3n) is 5.33. The van der Waals surface area contributed by atoms with Gasteiger partial charge in [0.15, 0.2) is 6.10 Å². The van der Waals surface area contributed by atoms with Crippen LogP contribution in [-0.2, 0) is 10.3 Å². The van der Waals surface area contributed by atoms with Gasteiger partial charge in [0.05, 0.1) is 5.56 Å². The number of aliphatic imine (C=N–C) groups is 1. The van der Waals surface area contributed by atoms with Crippen LogP contribution in [0.1, 0.15) is 34.5 Å². The standard InChI is InChI=1S/C21H18F3N5O2/c22-21(23,24)19-20(13-5-6-13,29-17(26)11-31-19)14-2-1-3-15(8-14)28-18(30)16-7-4-12(9-25)10-27-16/h1-4,7-8,10,13,19H,5-6,11H2,(H2,26,29)(H,28,30). The number of pyridine rings is 1. The number of carbonyl (C=O) groups excluding carboxylic acids is 1. The van der Waals surface area contributed by atoms with Crippen LogP contribution in [0.4, 0.5) is 18.9 Å². The lowest BCUT2D eigenvalue weighted by atomic mass is 9.79. The Morgan fingerprint density at radius 3 is 2.68 bits per heavy atom. The average Bonchev–Trinajstić information content (AvgIpc) is 3.58. The number of halogens is 3.